The van der Waals surface area contributed by atoms with Crippen molar-refractivity contribution < 1.29 is 18.3 Å². The summed E-state index contributed by atoms with van der Waals surface area (Å²) in [6.07, 6.45) is 0. The molecule has 0 atom stereocenters. The molecule has 0 spiro atoms. The minimum Gasteiger partial charge on any atom is -0.456 e. The molecule has 14 rings (SSSR count). The first-order valence-corrected chi connectivity index (χ1v) is 21.4. The lowest BCUT2D eigenvalue weighted by molar-refractivity contribution is 0.174. The highest BCUT2D eigenvalue weighted by molar-refractivity contribution is 7.00. The van der Waals surface area contributed by atoms with E-state index in [0.29, 0.717) is 0 Å². The first-order valence-electron chi connectivity index (χ1n) is 21.4. The highest BCUT2D eigenvalue weighted by atomic mass is 16.7. The van der Waals surface area contributed by atoms with E-state index in [-0.39, 0.29) is 13.5 Å². The fraction of sp³-hybridized carbons (Fsp3) is 0.0357. The molecule has 11 aromatic rings. The Bertz CT molecular complexity index is 3700. The number of furan rings is 2. The average Bonchev–Trinajstić information content (AvgIpc) is 4.05. The van der Waals surface area contributed by atoms with Crippen molar-refractivity contribution in [3.8, 4) is 33.8 Å². The standard InChI is InChI=1S/C56H35BN2O4/c1-33-25-48-56-49(26-33)59(38-9-3-2-4-10-38)47-31-55-54(60-32-61-55)30-45(47)57(56)44-27-35(37-18-23-43-41-12-6-8-14-51(41)63-53(43)29-37)19-24-46(44)58(48)39-20-15-34(16-21-39)36-17-22-42-40-11-5-7-13-50(40)62-52(42)28-36/h2-31H,32H2,1H3. The zero-order valence-electron chi connectivity index (χ0n) is 34.1. The van der Waals surface area contributed by atoms with Gasteiger partial charge < -0.3 is 28.1 Å². The quantitative estimate of drug-likeness (QED) is 0.165. The third-order valence-corrected chi connectivity index (χ3v) is 13.3. The molecule has 3 aliphatic rings. The Morgan fingerprint density at radius 1 is 0.397 bits per heavy atom. The molecule has 63 heavy (non-hydrogen) atoms. The van der Waals surface area contributed by atoms with Crippen molar-refractivity contribution in [2.45, 2.75) is 6.92 Å². The molecule has 6 nitrogen and oxygen atoms in total. The van der Waals surface area contributed by atoms with Crippen molar-refractivity contribution in [3.05, 3.63) is 188 Å². The topological polar surface area (TPSA) is 51.2 Å². The van der Waals surface area contributed by atoms with E-state index in [9.17, 15) is 0 Å². The second-order valence-electron chi connectivity index (χ2n) is 16.9. The van der Waals surface area contributed by atoms with Gasteiger partial charge in [-0.15, -0.1) is 0 Å². The van der Waals surface area contributed by atoms with E-state index in [0.717, 1.165) is 112 Å². The summed E-state index contributed by atoms with van der Waals surface area (Å²) in [5.41, 5.74) is 19.5. The molecule has 9 aromatic carbocycles. The third-order valence-electron chi connectivity index (χ3n) is 13.3. The zero-order valence-corrected chi connectivity index (χ0v) is 34.1. The van der Waals surface area contributed by atoms with E-state index in [1.54, 1.807) is 0 Å². The van der Waals surface area contributed by atoms with Crippen LogP contribution in [0.15, 0.2) is 191 Å². The predicted octanol–water partition coefficient (Wildman–Crippen LogP) is 12.9. The van der Waals surface area contributed by atoms with Crippen LogP contribution in [0.3, 0.4) is 0 Å². The average molecular weight is 811 g/mol. The van der Waals surface area contributed by atoms with Gasteiger partial charge in [-0.25, -0.2) is 0 Å². The number of benzene rings is 9. The second-order valence-corrected chi connectivity index (χ2v) is 16.9. The van der Waals surface area contributed by atoms with Crippen molar-refractivity contribution in [1.82, 2.24) is 0 Å². The van der Waals surface area contributed by atoms with Gasteiger partial charge in [-0.2, -0.15) is 0 Å². The summed E-state index contributed by atoms with van der Waals surface area (Å²) >= 11 is 0. The zero-order chi connectivity index (χ0) is 41.3. The van der Waals surface area contributed by atoms with Crippen LogP contribution in [0, 0.1) is 6.92 Å². The van der Waals surface area contributed by atoms with Gasteiger partial charge in [0.05, 0.1) is 0 Å². The lowest BCUT2D eigenvalue weighted by atomic mass is 9.33. The van der Waals surface area contributed by atoms with Gasteiger partial charge in [0.15, 0.2) is 11.5 Å². The van der Waals surface area contributed by atoms with Crippen molar-refractivity contribution in [2.24, 2.45) is 0 Å². The van der Waals surface area contributed by atoms with Crippen molar-refractivity contribution in [2.75, 3.05) is 16.6 Å². The summed E-state index contributed by atoms with van der Waals surface area (Å²) < 4.78 is 24.9. The van der Waals surface area contributed by atoms with E-state index < -0.39 is 0 Å². The van der Waals surface area contributed by atoms with Gasteiger partial charge in [-0.05, 0) is 136 Å². The Morgan fingerprint density at radius 2 is 0.905 bits per heavy atom. The number of fused-ring (bicyclic) bond motifs is 11. The number of ether oxygens (including phenoxy) is 2. The predicted molar refractivity (Wildman–Crippen MR) is 257 cm³/mol. The maximum Gasteiger partial charge on any atom is 0.252 e. The maximum absolute atomic E-state index is 6.40. The second kappa shape index (κ2) is 12.9. The van der Waals surface area contributed by atoms with Crippen LogP contribution in [0.1, 0.15) is 5.56 Å². The molecule has 296 valence electrons. The van der Waals surface area contributed by atoms with E-state index in [1.807, 2.05) is 24.3 Å². The minimum atomic E-state index is -0.101. The summed E-state index contributed by atoms with van der Waals surface area (Å²) in [4.78, 5) is 4.86. The van der Waals surface area contributed by atoms with Crippen LogP contribution in [-0.2, 0) is 0 Å². The van der Waals surface area contributed by atoms with Gasteiger partial charge in [0.2, 0.25) is 6.79 Å². The first kappa shape index (κ1) is 34.5. The molecule has 0 N–H and O–H groups in total. The van der Waals surface area contributed by atoms with Gasteiger partial charge in [-0.1, -0.05) is 91.0 Å². The van der Waals surface area contributed by atoms with Gasteiger partial charge in [0.1, 0.15) is 22.3 Å². The summed E-state index contributed by atoms with van der Waals surface area (Å²) in [5, 5.41) is 4.50. The number of hydrogen-bond acceptors (Lipinski definition) is 6. The molecule has 7 heteroatoms. The molecule has 3 aliphatic heterocycles. The molecule has 0 fully saturated rings. The summed E-state index contributed by atoms with van der Waals surface area (Å²) in [5.74, 6) is 1.53. The third kappa shape index (κ3) is 5.08. The maximum atomic E-state index is 6.40. The van der Waals surface area contributed by atoms with Crippen LogP contribution in [0.5, 0.6) is 11.5 Å². The SMILES string of the molecule is Cc1cc2c3c(c1)N(c1ccccc1)c1cc4c(cc1B3c1cc(-c3ccc5c(c3)oc3ccccc35)ccc1N2c1ccc(-c2ccc3c(c2)oc2ccccc23)cc1)OCO4. The van der Waals surface area contributed by atoms with Gasteiger partial charge in [0.25, 0.3) is 6.71 Å². The van der Waals surface area contributed by atoms with E-state index in [1.165, 1.54) is 22.0 Å². The van der Waals surface area contributed by atoms with Crippen LogP contribution in [0.25, 0.3) is 66.1 Å². The molecule has 0 unspecified atom stereocenters. The van der Waals surface area contributed by atoms with Gasteiger partial charge >= 0.3 is 0 Å². The van der Waals surface area contributed by atoms with E-state index in [2.05, 4.69) is 174 Å². The Balaban J connectivity index is 0.979. The molecule has 0 saturated carbocycles. The number of anilines is 6. The van der Waals surface area contributed by atoms with E-state index >= 15 is 0 Å². The normalized spacial score (nSPS) is 13.6. The minimum absolute atomic E-state index is 0.101. The molecular formula is C56H35BN2O4. The van der Waals surface area contributed by atoms with Crippen LogP contribution in [0.4, 0.5) is 34.1 Å². The monoisotopic (exact) mass is 810 g/mol. The number of aryl methyl sites for hydroxylation is 1. The van der Waals surface area contributed by atoms with Crippen molar-refractivity contribution >= 4 is 101 Å². The lowest BCUT2D eigenvalue weighted by Crippen LogP contribution is -2.61. The fourth-order valence-corrected chi connectivity index (χ4v) is 10.5. The Hall–Kier alpha value is -8.16. The fourth-order valence-electron chi connectivity index (χ4n) is 10.5. The smallest absolute Gasteiger partial charge is 0.252 e. The summed E-state index contributed by atoms with van der Waals surface area (Å²) in [7, 11) is 0. The van der Waals surface area contributed by atoms with Crippen molar-refractivity contribution in [1.29, 1.82) is 0 Å². The van der Waals surface area contributed by atoms with Crippen molar-refractivity contribution in [3.63, 3.8) is 0 Å². The number of hydrogen-bond donors (Lipinski definition) is 0. The van der Waals surface area contributed by atoms with Gasteiger partial charge in [-0.3, -0.25) is 0 Å². The molecule has 0 bridgehead atoms. The van der Waals surface area contributed by atoms with Crippen LogP contribution < -0.4 is 35.7 Å². The Labute approximate surface area is 362 Å². The van der Waals surface area contributed by atoms with Crippen LogP contribution in [0.2, 0.25) is 0 Å². The highest BCUT2D eigenvalue weighted by Crippen LogP contribution is 2.48. The lowest BCUT2D eigenvalue weighted by Gasteiger charge is -2.44. The molecule has 2 aromatic heterocycles. The number of para-hydroxylation sites is 3. The highest BCUT2D eigenvalue weighted by Gasteiger charge is 2.44. The Kier molecular flexibility index (Phi) is 7.09. The molecule has 0 amide bonds. The molecule has 5 heterocycles. The summed E-state index contributed by atoms with van der Waals surface area (Å²) in [6.45, 7) is 2.30. The molecular weight excluding hydrogens is 775 g/mol. The number of rotatable bonds is 4. The van der Waals surface area contributed by atoms with Crippen LogP contribution >= 0.6 is 0 Å². The van der Waals surface area contributed by atoms with E-state index in [4.69, 9.17) is 18.3 Å². The molecule has 0 saturated heterocycles. The van der Waals surface area contributed by atoms with Gasteiger partial charge in [0, 0.05) is 61.7 Å². The number of nitrogens with zero attached hydrogens (tertiary/aromatic N) is 2. The Morgan fingerprint density at radius 3 is 1.59 bits per heavy atom. The summed E-state index contributed by atoms with van der Waals surface area (Å²) in [6, 6.07) is 65.3. The molecule has 0 aliphatic carbocycles. The molecule has 0 radical (unpaired) electrons. The van der Waals surface area contributed by atoms with Crippen LogP contribution in [-0.4, -0.2) is 13.5 Å². The largest absolute Gasteiger partial charge is 0.456 e. The first-order chi connectivity index (χ1) is 31.1.